The van der Waals surface area contributed by atoms with Crippen molar-refractivity contribution < 1.29 is 14.5 Å². The fourth-order valence-electron chi connectivity index (χ4n) is 3.51. The molecule has 0 bridgehead atoms. The lowest BCUT2D eigenvalue weighted by molar-refractivity contribution is -0.384. The molecule has 0 unspecified atom stereocenters. The van der Waals surface area contributed by atoms with E-state index in [0.29, 0.717) is 23.4 Å². The van der Waals surface area contributed by atoms with Crippen molar-refractivity contribution in [1.82, 2.24) is 9.78 Å². The largest absolute Gasteiger partial charge is 0.290 e. The molecule has 0 saturated carbocycles. The second kappa shape index (κ2) is 6.23. The summed E-state index contributed by atoms with van der Waals surface area (Å²) in [7, 11) is 0. The van der Waals surface area contributed by atoms with Gasteiger partial charge in [-0.2, -0.15) is 5.10 Å². The normalized spacial score (nSPS) is 15.4. The molecule has 0 amide bonds. The predicted octanol–water partition coefficient (Wildman–Crippen LogP) is 3.78. The zero-order valence-electron chi connectivity index (χ0n) is 15.4. The lowest BCUT2D eigenvalue weighted by Crippen LogP contribution is -2.38. The van der Waals surface area contributed by atoms with Gasteiger partial charge in [-0.3, -0.25) is 19.7 Å². The third-order valence-corrected chi connectivity index (χ3v) is 4.97. The van der Waals surface area contributed by atoms with Gasteiger partial charge in [0.25, 0.3) is 5.69 Å². The number of nitro groups is 1. The number of para-hydroxylation sites is 1. The van der Waals surface area contributed by atoms with Crippen molar-refractivity contribution in [3.63, 3.8) is 0 Å². The molecule has 0 atom stereocenters. The summed E-state index contributed by atoms with van der Waals surface area (Å²) in [5.74, 6) is -1.02. The first-order valence-electron chi connectivity index (χ1n) is 8.81. The van der Waals surface area contributed by atoms with Crippen molar-refractivity contribution >= 4 is 17.3 Å². The van der Waals surface area contributed by atoms with Gasteiger partial charge in [-0.15, -0.1) is 0 Å². The number of aromatic nitrogens is 2. The second-order valence-electron chi connectivity index (χ2n) is 7.44. The molecule has 0 aliphatic heterocycles. The molecular formula is C21H17N3O4. The molecule has 0 spiro atoms. The molecule has 1 aromatic heterocycles. The van der Waals surface area contributed by atoms with Gasteiger partial charge in [-0.1, -0.05) is 32.0 Å². The Morgan fingerprint density at radius 2 is 1.68 bits per heavy atom. The lowest BCUT2D eigenvalue weighted by atomic mass is 9.74. The van der Waals surface area contributed by atoms with Gasteiger partial charge in [0, 0.05) is 29.5 Å². The van der Waals surface area contributed by atoms with Crippen molar-refractivity contribution in [1.29, 1.82) is 0 Å². The Hall–Kier alpha value is -3.61. The molecule has 1 aliphatic carbocycles. The minimum atomic E-state index is -0.813. The van der Waals surface area contributed by atoms with Crippen LogP contribution in [-0.4, -0.2) is 26.3 Å². The molecular weight excluding hydrogens is 358 g/mol. The standard InChI is InChI=1S/C21H17N3O4/c1-21(2)12-16-17(19(25)20(21)26)18(13-8-10-15(11-9-13)24(27)28)23(22-16)14-6-4-3-5-7-14/h3-11H,12H2,1-2H3. The SMILES string of the molecule is CC1(C)Cc2nn(-c3ccccc3)c(-c3ccc([N+](=O)[O-])cc3)c2C(=O)C1=O. The van der Waals surface area contributed by atoms with Crippen molar-refractivity contribution in [2.24, 2.45) is 5.41 Å². The van der Waals surface area contributed by atoms with Crippen LogP contribution in [0.4, 0.5) is 5.69 Å². The van der Waals surface area contributed by atoms with E-state index in [-0.39, 0.29) is 11.3 Å². The minimum Gasteiger partial charge on any atom is -0.290 e. The van der Waals surface area contributed by atoms with Crippen LogP contribution in [-0.2, 0) is 11.2 Å². The number of fused-ring (bicyclic) bond motifs is 1. The van der Waals surface area contributed by atoms with E-state index < -0.39 is 21.9 Å². The highest BCUT2D eigenvalue weighted by Crippen LogP contribution is 2.38. The number of ketones is 2. The van der Waals surface area contributed by atoms with Gasteiger partial charge in [-0.05, 0) is 24.3 Å². The van der Waals surface area contributed by atoms with Crippen LogP contribution in [0.2, 0.25) is 0 Å². The number of benzene rings is 2. The molecule has 0 N–H and O–H groups in total. The maximum absolute atomic E-state index is 12.9. The minimum absolute atomic E-state index is 0.0491. The maximum atomic E-state index is 12.9. The van der Waals surface area contributed by atoms with E-state index in [1.165, 1.54) is 12.1 Å². The monoisotopic (exact) mass is 375 g/mol. The van der Waals surface area contributed by atoms with E-state index in [2.05, 4.69) is 5.10 Å². The van der Waals surface area contributed by atoms with Gasteiger partial charge < -0.3 is 0 Å². The smallest absolute Gasteiger partial charge is 0.269 e. The van der Waals surface area contributed by atoms with Crippen molar-refractivity contribution in [2.45, 2.75) is 20.3 Å². The molecule has 28 heavy (non-hydrogen) atoms. The topological polar surface area (TPSA) is 95.1 Å². The van der Waals surface area contributed by atoms with Crippen LogP contribution in [0.5, 0.6) is 0 Å². The van der Waals surface area contributed by atoms with Crippen LogP contribution in [0, 0.1) is 15.5 Å². The molecule has 1 heterocycles. The van der Waals surface area contributed by atoms with E-state index in [4.69, 9.17) is 0 Å². The van der Waals surface area contributed by atoms with Crippen LogP contribution in [0.25, 0.3) is 16.9 Å². The van der Waals surface area contributed by atoms with Gasteiger partial charge in [0.1, 0.15) is 0 Å². The molecule has 0 saturated heterocycles. The first kappa shape index (κ1) is 17.8. The van der Waals surface area contributed by atoms with Gasteiger partial charge in [0.15, 0.2) is 0 Å². The Bertz CT molecular complexity index is 1110. The Balaban J connectivity index is 1.98. The Morgan fingerprint density at radius 1 is 1.04 bits per heavy atom. The molecule has 1 aliphatic rings. The molecule has 3 aromatic rings. The average Bonchev–Trinajstić information content (AvgIpc) is 3.05. The summed E-state index contributed by atoms with van der Waals surface area (Å²) in [6.45, 7) is 3.48. The van der Waals surface area contributed by atoms with Gasteiger partial charge in [0.05, 0.1) is 27.6 Å². The van der Waals surface area contributed by atoms with Crippen LogP contribution < -0.4 is 0 Å². The number of hydrogen-bond acceptors (Lipinski definition) is 5. The van der Waals surface area contributed by atoms with Crippen LogP contribution >= 0.6 is 0 Å². The highest BCUT2D eigenvalue weighted by Gasteiger charge is 2.43. The predicted molar refractivity (Wildman–Crippen MR) is 102 cm³/mol. The number of Topliss-reactive ketones (excluding diaryl/α,β-unsaturated/α-hetero) is 2. The average molecular weight is 375 g/mol. The van der Waals surface area contributed by atoms with Crippen molar-refractivity contribution in [2.75, 3.05) is 0 Å². The van der Waals surface area contributed by atoms with Crippen molar-refractivity contribution in [3.05, 3.63) is 76.0 Å². The molecule has 0 fully saturated rings. The van der Waals surface area contributed by atoms with Crippen LogP contribution in [0.15, 0.2) is 54.6 Å². The van der Waals surface area contributed by atoms with Gasteiger partial charge in [0.2, 0.25) is 11.6 Å². The van der Waals surface area contributed by atoms with Gasteiger partial charge >= 0.3 is 0 Å². The highest BCUT2D eigenvalue weighted by molar-refractivity contribution is 6.47. The zero-order chi connectivity index (χ0) is 20.1. The summed E-state index contributed by atoms with van der Waals surface area (Å²) < 4.78 is 1.64. The van der Waals surface area contributed by atoms with Crippen LogP contribution in [0.3, 0.4) is 0 Å². The first-order chi connectivity index (χ1) is 13.3. The van der Waals surface area contributed by atoms with E-state index in [1.807, 2.05) is 30.3 Å². The number of hydrogen-bond donors (Lipinski definition) is 0. The zero-order valence-corrected chi connectivity index (χ0v) is 15.4. The quantitative estimate of drug-likeness (QED) is 0.394. The third-order valence-electron chi connectivity index (χ3n) is 4.97. The van der Waals surface area contributed by atoms with E-state index in [0.717, 1.165) is 5.69 Å². The molecule has 7 nitrogen and oxygen atoms in total. The lowest BCUT2D eigenvalue weighted by Gasteiger charge is -2.25. The maximum Gasteiger partial charge on any atom is 0.269 e. The van der Waals surface area contributed by atoms with E-state index >= 15 is 0 Å². The van der Waals surface area contributed by atoms with Crippen LogP contribution in [0.1, 0.15) is 29.9 Å². The second-order valence-corrected chi connectivity index (χ2v) is 7.44. The van der Waals surface area contributed by atoms with E-state index in [1.54, 1.807) is 30.7 Å². The van der Waals surface area contributed by atoms with Gasteiger partial charge in [-0.25, -0.2) is 4.68 Å². The summed E-state index contributed by atoms with van der Waals surface area (Å²) >= 11 is 0. The number of nitrogens with zero attached hydrogens (tertiary/aromatic N) is 3. The highest BCUT2D eigenvalue weighted by atomic mass is 16.6. The summed E-state index contributed by atoms with van der Waals surface area (Å²) in [5.41, 5.74) is 1.78. The number of non-ortho nitro benzene ring substituents is 1. The Labute approximate surface area is 160 Å². The molecule has 140 valence electrons. The summed E-state index contributed by atoms with van der Waals surface area (Å²) in [5, 5.41) is 15.6. The number of carbonyl (C=O) groups is 2. The number of nitro benzene ring substituents is 1. The molecule has 4 rings (SSSR count). The fraction of sp³-hybridized carbons (Fsp3) is 0.190. The fourth-order valence-corrected chi connectivity index (χ4v) is 3.51. The summed E-state index contributed by atoms with van der Waals surface area (Å²) in [6.07, 6.45) is 0.354. The molecule has 0 radical (unpaired) electrons. The van der Waals surface area contributed by atoms with Crippen molar-refractivity contribution in [3.8, 4) is 16.9 Å². The Kier molecular flexibility index (Phi) is 3.96. The third kappa shape index (κ3) is 2.72. The summed E-state index contributed by atoms with van der Waals surface area (Å²) in [4.78, 5) is 36.0. The molecule has 7 heteroatoms. The first-order valence-corrected chi connectivity index (χ1v) is 8.81. The summed E-state index contributed by atoms with van der Waals surface area (Å²) in [6, 6.07) is 15.2. The molecule has 2 aromatic carbocycles. The number of carbonyl (C=O) groups excluding carboxylic acids is 2. The van der Waals surface area contributed by atoms with E-state index in [9.17, 15) is 19.7 Å². The Morgan fingerprint density at radius 3 is 2.29 bits per heavy atom. The number of rotatable bonds is 3.